The Morgan fingerprint density at radius 3 is 1.90 bits per heavy atom. The van der Waals surface area contributed by atoms with Crippen molar-refractivity contribution >= 4 is 22.5 Å². The van der Waals surface area contributed by atoms with E-state index in [1.165, 1.54) is 5.69 Å². The first-order valence-corrected chi connectivity index (χ1v) is 14.2. The number of H-pyrrole nitrogens is 1. The molecule has 0 aliphatic heterocycles. The van der Waals surface area contributed by atoms with E-state index in [2.05, 4.69) is 48.0 Å². The van der Waals surface area contributed by atoms with Gasteiger partial charge in [-0.1, -0.05) is 24.3 Å². The summed E-state index contributed by atoms with van der Waals surface area (Å²) in [4.78, 5) is 23.6. The molecule has 0 spiro atoms. The molecule has 7 heteroatoms. The van der Waals surface area contributed by atoms with Crippen LogP contribution >= 0.6 is 0 Å². The molecule has 0 bridgehead atoms. The Morgan fingerprint density at radius 2 is 1.37 bits per heavy atom. The molecule has 5 rings (SSSR count). The zero-order chi connectivity index (χ0) is 30.8. The lowest BCUT2D eigenvalue weighted by Crippen LogP contribution is -2.33. The van der Waals surface area contributed by atoms with Gasteiger partial charge in [-0.05, 0) is 104 Å². The van der Waals surface area contributed by atoms with E-state index in [9.17, 15) is 9.90 Å². The first kappa shape index (κ1) is 32.0. The zero-order valence-corrected chi connectivity index (χ0v) is 25.8. The highest BCUT2D eigenvalue weighted by Crippen LogP contribution is 2.43. The number of imidazole rings is 1. The van der Waals surface area contributed by atoms with Crippen molar-refractivity contribution in [2.45, 2.75) is 79.1 Å². The van der Waals surface area contributed by atoms with Gasteiger partial charge in [-0.2, -0.15) is 0 Å². The maximum Gasteiger partial charge on any atom is 0.193 e. The Bertz CT molecular complexity index is 1460. The van der Waals surface area contributed by atoms with Crippen LogP contribution in [0.3, 0.4) is 0 Å². The summed E-state index contributed by atoms with van der Waals surface area (Å²) < 4.78 is 0. The SMILES string of the molecule is CC(C)(C)O.CC(C)(C)O.CCN(CC)c1ccc(-c2nc3c4c(ccc3[nH]2)C(=O)c2ccccc2[C@@]4(C)O)cc1. The summed E-state index contributed by atoms with van der Waals surface area (Å²) in [5, 5.41) is 28.6. The molecule has 220 valence electrons. The summed E-state index contributed by atoms with van der Waals surface area (Å²) in [5.74, 6) is 0.642. The van der Waals surface area contributed by atoms with Gasteiger partial charge in [0.2, 0.25) is 0 Å². The number of carbonyl (C=O) groups is 1. The lowest BCUT2D eigenvalue weighted by molar-refractivity contribution is 0.0871. The summed E-state index contributed by atoms with van der Waals surface area (Å²) >= 11 is 0. The van der Waals surface area contributed by atoms with Gasteiger partial charge in [0.1, 0.15) is 11.4 Å². The Hall–Kier alpha value is -3.52. The number of aromatic nitrogens is 2. The van der Waals surface area contributed by atoms with Crippen LogP contribution in [0.1, 0.15) is 89.4 Å². The van der Waals surface area contributed by atoms with Crippen molar-refractivity contribution in [3.8, 4) is 11.4 Å². The minimum atomic E-state index is -1.31. The molecule has 4 N–H and O–H groups in total. The van der Waals surface area contributed by atoms with E-state index in [4.69, 9.17) is 15.2 Å². The number of aliphatic hydroxyl groups is 3. The van der Waals surface area contributed by atoms with Crippen molar-refractivity contribution < 1.29 is 20.1 Å². The van der Waals surface area contributed by atoms with Gasteiger partial charge >= 0.3 is 0 Å². The number of ketones is 1. The highest BCUT2D eigenvalue weighted by molar-refractivity contribution is 6.15. The number of nitrogens with zero attached hydrogens (tertiary/aromatic N) is 2. The fourth-order valence-corrected chi connectivity index (χ4v) is 4.70. The van der Waals surface area contributed by atoms with Crippen molar-refractivity contribution in [1.29, 1.82) is 0 Å². The highest BCUT2D eigenvalue weighted by atomic mass is 16.3. The zero-order valence-electron chi connectivity index (χ0n) is 25.8. The summed E-state index contributed by atoms with van der Waals surface area (Å²) in [6.45, 7) is 18.4. The predicted molar refractivity (Wildman–Crippen MR) is 168 cm³/mol. The number of aromatic amines is 1. The molecule has 0 radical (unpaired) electrons. The van der Waals surface area contributed by atoms with E-state index < -0.39 is 16.8 Å². The summed E-state index contributed by atoms with van der Waals surface area (Å²) in [5.41, 5.74) is 3.49. The monoisotopic (exact) mass is 559 g/mol. The second-order valence-corrected chi connectivity index (χ2v) is 12.5. The molecule has 0 amide bonds. The Morgan fingerprint density at radius 1 is 0.829 bits per heavy atom. The van der Waals surface area contributed by atoms with E-state index in [0.717, 1.165) is 30.0 Å². The Balaban J connectivity index is 0.000000400. The normalized spacial score (nSPS) is 16.1. The smallest absolute Gasteiger partial charge is 0.193 e. The second kappa shape index (κ2) is 12.1. The third-order valence-corrected chi connectivity index (χ3v) is 6.35. The van der Waals surface area contributed by atoms with Crippen LogP contribution in [0.4, 0.5) is 5.69 Å². The molecule has 0 unspecified atom stereocenters. The number of rotatable bonds is 4. The predicted octanol–water partition coefficient (Wildman–Crippen LogP) is 6.43. The third kappa shape index (κ3) is 7.82. The quantitative estimate of drug-likeness (QED) is 0.229. The molecule has 0 fully saturated rings. The molecular formula is C34H45N3O4. The second-order valence-electron chi connectivity index (χ2n) is 12.5. The molecule has 1 atom stereocenters. The summed E-state index contributed by atoms with van der Waals surface area (Å²) in [7, 11) is 0. The molecule has 0 saturated heterocycles. The van der Waals surface area contributed by atoms with Gasteiger partial charge in [0.15, 0.2) is 5.78 Å². The fourth-order valence-electron chi connectivity index (χ4n) is 4.70. The van der Waals surface area contributed by atoms with Gasteiger partial charge in [0.05, 0.1) is 22.2 Å². The average Bonchev–Trinajstić information content (AvgIpc) is 3.31. The van der Waals surface area contributed by atoms with E-state index in [1.54, 1.807) is 60.6 Å². The van der Waals surface area contributed by atoms with Gasteiger partial charge in [-0.3, -0.25) is 4.79 Å². The topological polar surface area (TPSA) is 110 Å². The van der Waals surface area contributed by atoms with Crippen molar-refractivity contribution in [3.05, 3.63) is 82.9 Å². The summed E-state index contributed by atoms with van der Waals surface area (Å²) in [6, 6.07) is 19.2. The fraction of sp³-hybridized carbons (Fsp3) is 0.412. The number of hydrogen-bond donors (Lipinski definition) is 4. The van der Waals surface area contributed by atoms with Crippen molar-refractivity contribution in [3.63, 3.8) is 0 Å². The van der Waals surface area contributed by atoms with Crippen LogP contribution in [-0.4, -0.2) is 55.4 Å². The maximum absolute atomic E-state index is 13.1. The molecule has 7 nitrogen and oxygen atoms in total. The number of fused-ring (bicyclic) bond motifs is 4. The molecule has 1 aliphatic carbocycles. The minimum Gasteiger partial charge on any atom is -0.391 e. The standard InChI is InChI=1S/C26H25N3O2.2C4H10O/c1-4-29(5-2)17-12-10-16(11-13-17)25-27-21-15-14-19-22(23(21)28-25)26(3,31)20-9-7-6-8-18(20)24(19)30;2*1-4(2,3)5/h6-15,31H,4-5H2,1-3H3,(H,27,28);2*5H,1-3H3/t26-;;/m1../s1. The summed E-state index contributed by atoms with van der Waals surface area (Å²) in [6.07, 6.45) is 0. The molecular weight excluding hydrogens is 514 g/mol. The van der Waals surface area contributed by atoms with Crippen molar-refractivity contribution in [2.24, 2.45) is 0 Å². The van der Waals surface area contributed by atoms with Crippen LogP contribution in [-0.2, 0) is 5.60 Å². The Labute approximate surface area is 243 Å². The van der Waals surface area contributed by atoms with Gasteiger partial charge in [-0.25, -0.2) is 4.98 Å². The van der Waals surface area contributed by atoms with Gasteiger partial charge in [0.25, 0.3) is 0 Å². The average molecular weight is 560 g/mol. The van der Waals surface area contributed by atoms with Crippen molar-refractivity contribution in [2.75, 3.05) is 18.0 Å². The van der Waals surface area contributed by atoms with Gasteiger partial charge in [-0.15, -0.1) is 0 Å². The van der Waals surface area contributed by atoms with Crippen LogP contribution in [0.5, 0.6) is 0 Å². The van der Waals surface area contributed by atoms with Crippen molar-refractivity contribution in [1.82, 2.24) is 9.97 Å². The van der Waals surface area contributed by atoms with Gasteiger partial charge < -0.3 is 25.2 Å². The molecule has 1 aliphatic rings. The number of nitrogens with one attached hydrogen (secondary N) is 1. The van der Waals surface area contributed by atoms with Crippen LogP contribution in [0, 0.1) is 0 Å². The van der Waals surface area contributed by atoms with E-state index in [-0.39, 0.29) is 5.78 Å². The first-order chi connectivity index (χ1) is 19.0. The van der Waals surface area contributed by atoms with Crippen LogP contribution in [0.25, 0.3) is 22.4 Å². The molecule has 1 heterocycles. The number of hydrogen-bond acceptors (Lipinski definition) is 6. The first-order valence-electron chi connectivity index (χ1n) is 14.2. The molecule has 1 aromatic heterocycles. The van der Waals surface area contributed by atoms with Crippen LogP contribution < -0.4 is 4.90 Å². The lowest BCUT2D eigenvalue weighted by Gasteiger charge is -2.32. The molecule has 0 saturated carbocycles. The van der Waals surface area contributed by atoms with E-state index >= 15 is 0 Å². The van der Waals surface area contributed by atoms with E-state index in [1.807, 2.05) is 24.3 Å². The lowest BCUT2D eigenvalue weighted by atomic mass is 9.74. The minimum absolute atomic E-state index is 0.0767. The van der Waals surface area contributed by atoms with Gasteiger partial charge in [0, 0.05) is 41.0 Å². The molecule has 4 aromatic rings. The maximum atomic E-state index is 13.1. The number of anilines is 1. The van der Waals surface area contributed by atoms with Crippen LogP contribution in [0.2, 0.25) is 0 Å². The van der Waals surface area contributed by atoms with Crippen LogP contribution in [0.15, 0.2) is 60.7 Å². The number of benzene rings is 3. The third-order valence-electron chi connectivity index (χ3n) is 6.35. The molecule has 41 heavy (non-hydrogen) atoms. The highest BCUT2D eigenvalue weighted by Gasteiger charge is 2.40. The molecule has 3 aromatic carbocycles. The number of carbonyl (C=O) groups excluding carboxylic acids is 1. The largest absolute Gasteiger partial charge is 0.391 e. The Kier molecular flexibility index (Phi) is 9.48. The van der Waals surface area contributed by atoms with E-state index in [0.29, 0.717) is 27.8 Å².